The van der Waals surface area contributed by atoms with Crippen LogP contribution in [0.15, 0.2) is 12.4 Å². The highest BCUT2D eigenvalue weighted by Crippen LogP contribution is 2.43. The van der Waals surface area contributed by atoms with E-state index in [9.17, 15) is 4.79 Å². The summed E-state index contributed by atoms with van der Waals surface area (Å²) in [5, 5.41) is 11.8. The zero-order valence-electron chi connectivity index (χ0n) is 22.6. The second-order valence-corrected chi connectivity index (χ2v) is 10.9. The first-order chi connectivity index (χ1) is 18.0. The molecule has 0 bridgehead atoms. The van der Waals surface area contributed by atoms with E-state index >= 15 is 0 Å². The Labute approximate surface area is 220 Å². The van der Waals surface area contributed by atoms with E-state index in [4.69, 9.17) is 14.8 Å². The first-order valence-electron chi connectivity index (χ1n) is 14.0. The summed E-state index contributed by atoms with van der Waals surface area (Å²) in [6, 6.07) is 1.03. The third kappa shape index (κ3) is 6.59. The molecule has 202 valence electrons. The van der Waals surface area contributed by atoms with Gasteiger partial charge in [0.05, 0.1) is 17.4 Å². The molecule has 0 unspecified atom stereocenters. The molecule has 2 aliphatic heterocycles. The molecule has 2 aromatic rings. The van der Waals surface area contributed by atoms with Gasteiger partial charge in [-0.1, -0.05) is 0 Å². The molecule has 2 saturated heterocycles. The molecule has 5 rings (SSSR count). The average molecular weight is 511 g/mol. The lowest BCUT2D eigenvalue weighted by Crippen LogP contribution is -2.39. The van der Waals surface area contributed by atoms with Crippen LogP contribution in [-0.4, -0.2) is 87.4 Å². The maximum atomic E-state index is 12.2. The topological polar surface area (TPSA) is 100 Å². The Balaban J connectivity index is 1.20. The number of rotatable bonds is 10. The predicted octanol–water partition coefficient (Wildman–Crippen LogP) is 3.70. The van der Waals surface area contributed by atoms with Gasteiger partial charge in [0.15, 0.2) is 0 Å². The van der Waals surface area contributed by atoms with Gasteiger partial charge in [-0.2, -0.15) is 10.1 Å². The number of nitrogens with zero attached hydrogens (tertiary/aromatic N) is 6. The fraction of sp³-hybridized carbons (Fsp3) is 0.704. The van der Waals surface area contributed by atoms with Crippen molar-refractivity contribution < 1.29 is 9.53 Å². The minimum absolute atomic E-state index is 0.0890. The van der Waals surface area contributed by atoms with Gasteiger partial charge in [0.25, 0.3) is 0 Å². The van der Waals surface area contributed by atoms with E-state index < -0.39 is 0 Å². The molecule has 1 saturated carbocycles. The average Bonchev–Trinajstić information content (AvgIpc) is 3.70. The first kappa shape index (κ1) is 25.9. The fourth-order valence-electron chi connectivity index (χ4n) is 5.31. The number of aromatic nitrogens is 4. The Hall–Kier alpha value is -2.72. The molecule has 0 atom stereocenters. The zero-order valence-corrected chi connectivity index (χ0v) is 22.6. The molecule has 0 spiro atoms. The highest BCUT2D eigenvalue weighted by molar-refractivity contribution is 5.77. The Morgan fingerprint density at radius 2 is 1.97 bits per heavy atom. The van der Waals surface area contributed by atoms with E-state index in [1.54, 1.807) is 0 Å². The molecule has 0 aromatic carbocycles. The first-order valence-corrected chi connectivity index (χ1v) is 14.0. The lowest BCUT2D eigenvalue weighted by molar-refractivity contribution is -0.133. The smallest absolute Gasteiger partial charge is 0.248 e. The van der Waals surface area contributed by atoms with Crippen LogP contribution in [0.2, 0.25) is 0 Å². The van der Waals surface area contributed by atoms with Gasteiger partial charge in [-0.15, -0.1) is 0 Å². The van der Waals surface area contributed by atoms with E-state index in [-0.39, 0.29) is 12.5 Å². The molecule has 10 heteroatoms. The standard InChI is InChI=1S/C27H42N8O2/c1-19(2)33-13-8-22(9-14-33)35-17-24(20(3)32-35)30-27-29-16-23(21-6-7-21)26(31-27)28-10-4-11-34-12-5-15-37-18-25(34)36/h16-17,19,21-22H,4-15,18H2,1-3H3,(H2,28,29,30,31). The highest BCUT2D eigenvalue weighted by Gasteiger charge is 2.28. The third-order valence-corrected chi connectivity index (χ3v) is 7.79. The Kier molecular flexibility index (Phi) is 8.24. The second-order valence-electron chi connectivity index (χ2n) is 10.9. The second kappa shape index (κ2) is 11.8. The number of ether oxygens (including phenoxy) is 1. The van der Waals surface area contributed by atoms with Crippen molar-refractivity contribution in [3.05, 3.63) is 23.7 Å². The molecular formula is C27H42N8O2. The molecule has 37 heavy (non-hydrogen) atoms. The Morgan fingerprint density at radius 1 is 1.16 bits per heavy atom. The highest BCUT2D eigenvalue weighted by atomic mass is 16.5. The minimum atomic E-state index is 0.0890. The number of amides is 1. The molecule has 1 aliphatic carbocycles. The molecule has 3 fully saturated rings. The van der Waals surface area contributed by atoms with Crippen molar-refractivity contribution in [2.24, 2.45) is 0 Å². The van der Waals surface area contributed by atoms with Crippen LogP contribution in [-0.2, 0) is 9.53 Å². The molecule has 3 aliphatic rings. The SMILES string of the molecule is Cc1nn(C2CCN(C(C)C)CC2)cc1Nc1ncc(C2CC2)c(NCCCN2CCCOCC2=O)n1. The van der Waals surface area contributed by atoms with E-state index in [1.807, 2.05) is 18.0 Å². The van der Waals surface area contributed by atoms with Gasteiger partial charge in [0.2, 0.25) is 11.9 Å². The van der Waals surface area contributed by atoms with Crippen LogP contribution in [0.4, 0.5) is 17.5 Å². The van der Waals surface area contributed by atoms with Gasteiger partial charge in [0.1, 0.15) is 12.4 Å². The number of hydrogen-bond donors (Lipinski definition) is 2. The molecule has 2 N–H and O–H groups in total. The largest absolute Gasteiger partial charge is 0.372 e. The van der Waals surface area contributed by atoms with E-state index in [2.05, 4.69) is 45.2 Å². The molecular weight excluding hydrogens is 468 g/mol. The van der Waals surface area contributed by atoms with Crippen molar-refractivity contribution in [1.82, 2.24) is 29.5 Å². The number of carbonyl (C=O) groups excluding carboxylic acids is 1. The number of piperidine rings is 1. The summed E-state index contributed by atoms with van der Waals surface area (Å²) in [6.45, 7) is 11.9. The normalized spacial score (nSPS) is 19.9. The van der Waals surface area contributed by atoms with Crippen molar-refractivity contribution in [3.8, 4) is 0 Å². The lowest BCUT2D eigenvalue weighted by atomic mass is 10.0. The molecule has 4 heterocycles. The summed E-state index contributed by atoms with van der Waals surface area (Å²) in [4.78, 5) is 26.1. The van der Waals surface area contributed by atoms with Crippen LogP contribution >= 0.6 is 0 Å². The summed E-state index contributed by atoms with van der Waals surface area (Å²) in [5.41, 5.74) is 3.11. The molecule has 0 radical (unpaired) electrons. The number of nitrogens with one attached hydrogen (secondary N) is 2. The lowest BCUT2D eigenvalue weighted by Gasteiger charge is -2.34. The van der Waals surface area contributed by atoms with E-state index in [0.717, 1.165) is 75.6 Å². The van der Waals surface area contributed by atoms with Crippen molar-refractivity contribution >= 4 is 23.4 Å². The quantitative estimate of drug-likeness (QED) is 0.467. The summed E-state index contributed by atoms with van der Waals surface area (Å²) in [6.07, 6.45) is 10.5. The van der Waals surface area contributed by atoms with Crippen LogP contribution in [0.25, 0.3) is 0 Å². The number of hydrogen-bond acceptors (Lipinski definition) is 8. The van der Waals surface area contributed by atoms with Crippen LogP contribution in [0.1, 0.15) is 75.6 Å². The van der Waals surface area contributed by atoms with E-state index in [1.165, 1.54) is 18.4 Å². The van der Waals surface area contributed by atoms with Crippen molar-refractivity contribution in [1.29, 1.82) is 0 Å². The van der Waals surface area contributed by atoms with Gasteiger partial charge < -0.3 is 25.2 Å². The number of anilines is 3. The maximum absolute atomic E-state index is 12.2. The van der Waals surface area contributed by atoms with Gasteiger partial charge in [-0.05, 0) is 65.2 Å². The number of aryl methyl sites for hydroxylation is 1. The summed E-state index contributed by atoms with van der Waals surface area (Å²) < 4.78 is 7.47. The summed E-state index contributed by atoms with van der Waals surface area (Å²) in [7, 11) is 0. The van der Waals surface area contributed by atoms with E-state index in [0.29, 0.717) is 30.6 Å². The summed E-state index contributed by atoms with van der Waals surface area (Å²) >= 11 is 0. The number of carbonyl (C=O) groups is 1. The Morgan fingerprint density at radius 3 is 2.73 bits per heavy atom. The molecule has 10 nitrogen and oxygen atoms in total. The van der Waals surface area contributed by atoms with Crippen LogP contribution in [0.3, 0.4) is 0 Å². The molecule has 1 amide bonds. The number of likely N-dealkylation sites (tertiary alicyclic amines) is 1. The van der Waals surface area contributed by atoms with Crippen molar-refractivity contribution in [2.75, 3.05) is 56.6 Å². The zero-order chi connectivity index (χ0) is 25.8. The predicted molar refractivity (Wildman–Crippen MR) is 144 cm³/mol. The van der Waals surface area contributed by atoms with Gasteiger partial charge in [-0.3, -0.25) is 9.48 Å². The fourth-order valence-corrected chi connectivity index (χ4v) is 5.31. The van der Waals surface area contributed by atoms with Gasteiger partial charge in [-0.25, -0.2) is 4.98 Å². The summed E-state index contributed by atoms with van der Waals surface area (Å²) in [5.74, 6) is 2.12. The van der Waals surface area contributed by atoms with Crippen LogP contribution < -0.4 is 10.6 Å². The minimum Gasteiger partial charge on any atom is -0.372 e. The van der Waals surface area contributed by atoms with Gasteiger partial charge >= 0.3 is 0 Å². The molecule has 2 aromatic heterocycles. The van der Waals surface area contributed by atoms with Gasteiger partial charge in [0, 0.05) is 63.3 Å². The monoisotopic (exact) mass is 510 g/mol. The van der Waals surface area contributed by atoms with Crippen LogP contribution in [0.5, 0.6) is 0 Å². The van der Waals surface area contributed by atoms with Crippen molar-refractivity contribution in [3.63, 3.8) is 0 Å². The van der Waals surface area contributed by atoms with Crippen molar-refractivity contribution in [2.45, 2.75) is 77.3 Å². The Bertz CT molecular complexity index is 1060. The maximum Gasteiger partial charge on any atom is 0.248 e. The van der Waals surface area contributed by atoms with Crippen LogP contribution in [0, 0.1) is 6.92 Å². The third-order valence-electron chi connectivity index (χ3n) is 7.79.